The van der Waals surface area contributed by atoms with E-state index in [1.54, 1.807) is 0 Å². The number of rotatable bonds is 8. The molecular weight excluding hydrogens is 440 g/mol. The van der Waals surface area contributed by atoms with Crippen molar-refractivity contribution in [3.05, 3.63) is 34.9 Å². The molecule has 0 spiro atoms. The highest BCUT2D eigenvalue weighted by atomic mass is 16.7. The van der Waals surface area contributed by atoms with Gasteiger partial charge in [0.25, 0.3) is 23.6 Å². The Kier molecular flexibility index (Phi) is 7.16. The van der Waals surface area contributed by atoms with Crippen molar-refractivity contribution in [3.8, 4) is 0 Å². The van der Waals surface area contributed by atoms with Gasteiger partial charge in [0, 0.05) is 25.7 Å². The van der Waals surface area contributed by atoms with Crippen LogP contribution < -0.4 is 0 Å². The van der Waals surface area contributed by atoms with E-state index in [1.165, 1.54) is 25.3 Å². The Morgan fingerprint density at radius 3 is 1.24 bits per heavy atom. The van der Waals surface area contributed by atoms with E-state index in [0.29, 0.717) is 26.8 Å². The van der Waals surface area contributed by atoms with Gasteiger partial charge in [0.2, 0.25) is 0 Å². The van der Waals surface area contributed by atoms with Crippen molar-refractivity contribution in [2.75, 3.05) is 7.11 Å². The number of carbonyl (C=O) groups is 7. The zero-order chi connectivity index (χ0) is 24.1. The molecule has 1 aromatic rings. The summed E-state index contributed by atoms with van der Waals surface area (Å²) in [5.74, 6) is -4.84. The number of esters is 1. The van der Waals surface area contributed by atoms with Crippen LogP contribution in [0.4, 0.5) is 0 Å². The van der Waals surface area contributed by atoms with Crippen LogP contribution in [0.2, 0.25) is 0 Å². The summed E-state index contributed by atoms with van der Waals surface area (Å²) in [7, 11) is 1.20. The number of imide groups is 2. The highest BCUT2D eigenvalue weighted by Gasteiger charge is 2.34. The fraction of sp³-hybridized carbons (Fsp3) is 0.381. The highest BCUT2D eigenvalue weighted by Crippen LogP contribution is 2.18. The monoisotopic (exact) mass is 460 g/mol. The summed E-state index contributed by atoms with van der Waals surface area (Å²) in [5, 5.41) is 0.839. The number of ether oxygens (including phenoxy) is 1. The molecular formula is C21H20N2O10. The second-order valence-corrected chi connectivity index (χ2v) is 7.35. The van der Waals surface area contributed by atoms with Gasteiger partial charge in [-0.3, -0.25) is 24.0 Å². The highest BCUT2D eigenvalue weighted by molar-refractivity contribution is 6.02. The van der Waals surface area contributed by atoms with Crippen molar-refractivity contribution in [2.45, 2.75) is 44.9 Å². The fourth-order valence-electron chi connectivity index (χ4n) is 3.30. The van der Waals surface area contributed by atoms with Crippen molar-refractivity contribution < 1.29 is 48.0 Å². The number of methoxy groups -OCH3 is 1. The molecule has 0 N–H and O–H groups in total. The molecule has 0 aromatic heterocycles. The summed E-state index contributed by atoms with van der Waals surface area (Å²) in [4.78, 5) is 92.4. The van der Waals surface area contributed by atoms with Gasteiger partial charge in [0.15, 0.2) is 0 Å². The summed E-state index contributed by atoms with van der Waals surface area (Å²) in [6.07, 6.45) is -1.07. The van der Waals surface area contributed by atoms with Crippen molar-refractivity contribution in [3.63, 3.8) is 0 Å². The summed E-state index contributed by atoms with van der Waals surface area (Å²) in [6.45, 7) is 0. The Bertz CT molecular complexity index is 945. The summed E-state index contributed by atoms with van der Waals surface area (Å²) >= 11 is 0. The maximum atomic E-state index is 12.3. The van der Waals surface area contributed by atoms with Gasteiger partial charge in [-0.15, -0.1) is 10.1 Å². The van der Waals surface area contributed by atoms with Crippen LogP contribution in [0.25, 0.3) is 0 Å². The minimum atomic E-state index is -0.893. The van der Waals surface area contributed by atoms with Gasteiger partial charge in [-0.2, -0.15) is 0 Å². The van der Waals surface area contributed by atoms with E-state index < -0.39 is 41.5 Å². The molecule has 2 aliphatic rings. The molecule has 33 heavy (non-hydrogen) atoms. The molecule has 2 saturated heterocycles. The summed E-state index contributed by atoms with van der Waals surface area (Å²) < 4.78 is 4.64. The molecule has 12 heteroatoms. The molecule has 2 heterocycles. The molecule has 0 atom stereocenters. The van der Waals surface area contributed by atoms with Crippen LogP contribution in [-0.4, -0.2) is 58.8 Å². The van der Waals surface area contributed by atoms with Gasteiger partial charge in [-0.25, -0.2) is 9.59 Å². The molecule has 2 fully saturated rings. The molecule has 3 rings (SSSR count). The Morgan fingerprint density at radius 1 is 0.636 bits per heavy atom. The number of amides is 4. The minimum Gasteiger partial charge on any atom is -0.469 e. The summed E-state index contributed by atoms with van der Waals surface area (Å²) in [5.41, 5.74) is 1.07. The van der Waals surface area contributed by atoms with Crippen LogP contribution in [0.3, 0.4) is 0 Å². The molecule has 0 unspecified atom stereocenters. The van der Waals surface area contributed by atoms with E-state index in [4.69, 9.17) is 9.68 Å². The van der Waals surface area contributed by atoms with Crippen molar-refractivity contribution in [1.82, 2.24) is 10.1 Å². The first kappa shape index (κ1) is 23.6. The van der Waals surface area contributed by atoms with Crippen molar-refractivity contribution in [2.24, 2.45) is 0 Å². The van der Waals surface area contributed by atoms with Crippen LogP contribution >= 0.6 is 0 Å². The first-order valence-electron chi connectivity index (χ1n) is 9.98. The van der Waals surface area contributed by atoms with E-state index in [1.807, 2.05) is 0 Å². The second-order valence-electron chi connectivity index (χ2n) is 7.35. The van der Waals surface area contributed by atoms with Gasteiger partial charge in [0.05, 0.1) is 26.4 Å². The van der Waals surface area contributed by atoms with Gasteiger partial charge < -0.3 is 14.4 Å². The van der Waals surface area contributed by atoms with Gasteiger partial charge in [-0.1, -0.05) is 18.2 Å². The lowest BCUT2D eigenvalue weighted by Gasteiger charge is -2.14. The lowest BCUT2D eigenvalue weighted by molar-refractivity contribution is -0.197. The zero-order valence-corrected chi connectivity index (χ0v) is 17.7. The second kappa shape index (κ2) is 10.0. The Morgan fingerprint density at radius 2 is 0.939 bits per heavy atom. The van der Waals surface area contributed by atoms with Gasteiger partial charge in [0.1, 0.15) is 0 Å². The fourth-order valence-corrected chi connectivity index (χ4v) is 3.30. The number of hydrogen-bond acceptors (Lipinski definition) is 10. The Balaban J connectivity index is 1.73. The van der Waals surface area contributed by atoms with Crippen molar-refractivity contribution in [1.29, 1.82) is 0 Å². The van der Waals surface area contributed by atoms with Crippen LogP contribution in [0, 0.1) is 0 Å². The third-order valence-corrected chi connectivity index (χ3v) is 4.78. The van der Waals surface area contributed by atoms with Crippen LogP contribution in [-0.2, 0) is 67.2 Å². The van der Waals surface area contributed by atoms with E-state index >= 15 is 0 Å². The molecule has 1 aromatic carbocycles. The lowest BCUT2D eigenvalue weighted by atomic mass is 10.00. The number of carbonyl (C=O) groups excluding carboxylic acids is 7. The average molecular weight is 460 g/mol. The first-order chi connectivity index (χ1) is 15.7. The van der Waals surface area contributed by atoms with E-state index in [0.717, 1.165) is 0 Å². The normalized spacial score (nSPS) is 15.8. The quantitative estimate of drug-likeness (QED) is 0.373. The molecule has 2 aliphatic heterocycles. The molecule has 0 bridgehead atoms. The van der Waals surface area contributed by atoms with Crippen molar-refractivity contribution >= 4 is 41.5 Å². The smallest absolute Gasteiger partial charge is 0.337 e. The lowest BCUT2D eigenvalue weighted by Crippen LogP contribution is -2.33. The maximum absolute atomic E-state index is 12.3. The maximum Gasteiger partial charge on any atom is 0.337 e. The van der Waals surface area contributed by atoms with Gasteiger partial charge >= 0.3 is 17.9 Å². The third-order valence-electron chi connectivity index (χ3n) is 4.78. The standard InChI is InChI=1S/C21H20N2O10/c1-31-19(28)9-12-6-13(10-20(29)32-22-15(24)2-3-16(22)25)8-14(7-12)11-21(30)33-23-17(26)4-5-18(23)27/h6-8H,2-5,9-11H2,1H3. The van der Waals surface area contributed by atoms with Crippen LogP contribution in [0.15, 0.2) is 18.2 Å². The molecule has 174 valence electrons. The zero-order valence-electron chi connectivity index (χ0n) is 17.7. The third kappa shape index (κ3) is 5.99. The number of hydroxylamine groups is 4. The number of nitrogens with zero attached hydrogens (tertiary/aromatic N) is 2. The number of benzene rings is 1. The molecule has 4 amide bonds. The predicted molar refractivity (Wildman–Crippen MR) is 104 cm³/mol. The molecule has 0 radical (unpaired) electrons. The molecule has 0 saturated carbocycles. The molecule has 0 aliphatic carbocycles. The van der Waals surface area contributed by atoms with E-state index in [-0.39, 0.29) is 44.9 Å². The summed E-state index contributed by atoms with van der Waals surface area (Å²) in [6, 6.07) is 4.48. The Hall–Kier alpha value is -4.09. The minimum absolute atomic E-state index is 0.0466. The van der Waals surface area contributed by atoms with Crippen LogP contribution in [0.5, 0.6) is 0 Å². The van der Waals surface area contributed by atoms with E-state index in [9.17, 15) is 33.6 Å². The first-order valence-corrected chi connectivity index (χ1v) is 9.98. The molecule has 12 nitrogen and oxygen atoms in total. The predicted octanol–water partition coefficient (Wildman–Crippen LogP) is -0.298. The topological polar surface area (TPSA) is 154 Å². The van der Waals surface area contributed by atoms with Crippen LogP contribution in [0.1, 0.15) is 42.4 Å². The SMILES string of the molecule is COC(=O)Cc1cc(CC(=O)ON2C(=O)CCC2=O)cc(CC(=O)ON2C(=O)CCC2=O)c1. The largest absolute Gasteiger partial charge is 0.469 e. The average Bonchev–Trinajstić information content (AvgIpc) is 3.23. The van der Waals surface area contributed by atoms with Gasteiger partial charge in [-0.05, 0) is 16.7 Å². The number of hydrogen-bond donors (Lipinski definition) is 0. The Labute approximate surface area is 187 Å². The van der Waals surface area contributed by atoms with E-state index in [2.05, 4.69) is 4.74 Å².